The van der Waals surface area contributed by atoms with Gasteiger partial charge in [-0.1, -0.05) is 0 Å². The molecule has 2 amide bonds. The van der Waals surface area contributed by atoms with Crippen LogP contribution in [0.4, 0.5) is 11.4 Å². The Hall–Kier alpha value is -1.93. The van der Waals surface area contributed by atoms with Crippen LogP contribution >= 0.6 is 0 Å². The number of amides is 2. The predicted octanol–water partition coefficient (Wildman–Crippen LogP) is 1.01. The minimum Gasteiger partial charge on any atom is -0.326 e. The molecule has 0 aromatic heterocycles. The molecule has 22 heavy (non-hydrogen) atoms. The van der Waals surface area contributed by atoms with E-state index in [4.69, 9.17) is 0 Å². The van der Waals surface area contributed by atoms with Crippen LogP contribution in [0.1, 0.15) is 19.8 Å². The molecule has 0 bridgehead atoms. The Morgan fingerprint density at radius 1 is 1.14 bits per heavy atom. The number of carbonyl (C=O) groups is 2. The summed E-state index contributed by atoms with van der Waals surface area (Å²) in [4.78, 5) is 22.9. The molecule has 120 valence electrons. The van der Waals surface area contributed by atoms with Gasteiger partial charge in [0.2, 0.25) is 21.8 Å². The van der Waals surface area contributed by atoms with E-state index in [0.717, 1.165) is 19.1 Å². The van der Waals surface area contributed by atoms with Crippen LogP contribution in [0.25, 0.3) is 0 Å². The minimum absolute atomic E-state index is 0.0529. The van der Waals surface area contributed by atoms with Gasteiger partial charge in [-0.2, -0.15) is 4.31 Å². The van der Waals surface area contributed by atoms with Gasteiger partial charge in [-0.15, -0.1) is 0 Å². The fourth-order valence-corrected chi connectivity index (χ4v) is 3.17. The SMILES string of the molecule is CC(=O)Nc1ccc(NC(=O)CN(C2CC2)S(C)(=O)=O)cc1. The number of anilines is 2. The summed E-state index contributed by atoms with van der Waals surface area (Å²) in [5.74, 6) is -0.561. The van der Waals surface area contributed by atoms with Crippen molar-refractivity contribution < 1.29 is 18.0 Å². The lowest BCUT2D eigenvalue weighted by Gasteiger charge is -2.18. The largest absolute Gasteiger partial charge is 0.326 e. The monoisotopic (exact) mass is 325 g/mol. The second-order valence-corrected chi connectivity index (χ2v) is 7.28. The van der Waals surface area contributed by atoms with E-state index in [1.165, 1.54) is 11.2 Å². The van der Waals surface area contributed by atoms with Gasteiger partial charge in [0, 0.05) is 24.3 Å². The zero-order valence-electron chi connectivity index (χ0n) is 12.5. The molecule has 1 saturated carbocycles. The Morgan fingerprint density at radius 3 is 2.05 bits per heavy atom. The van der Waals surface area contributed by atoms with Crippen molar-refractivity contribution in [2.45, 2.75) is 25.8 Å². The van der Waals surface area contributed by atoms with Gasteiger partial charge in [-0.05, 0) is 37.1 Å². The second-order valence-electron chi connectivity index (χ2n) is 5.35. The zero-order chi connectivity index (χ0) is 16.3. The third kappa shape index (κ3) is 4.81. The standard InChI is InChI=1S/C14H19N3O4S/c1-10(18)15-11-3-5-12(6-4-11)16-14(19)9-17(13-7-8-13)22(2,20)21/h3-6,13H,7-9H2,1-2H3,(H,15,18)(H,16,19). The summed E-state index contributed by atoms with van der Waals surface area (Å²) in [5.41, 5.74) is 1.17. The van der Waals surface area contributed by atoms with Crippen molar-refractivity contribution in [2.24, 2.45) is 0 Å². The number of sulfonamides is 1. The van der Waals surface area contributed by atoms with Gasteiger partial charge in [0.05, 0.1) is 12.8 Å². The van der Waals surface area contributed by atoms with Crippen LogP contribution in [0.2, 0.25) is 0 Å². The third-order valence-electron chi connectivity index (χ3n) is 3.17. The number of hydrogen-bond donors (Lipinski definition) is 2. The number of benzene rings is 1. The first-order chi connectivity index (χ1) is 10.3. The topological polar surface area (TPSA) is 95.6 Å². The number of hydrogen-bond acceptors (Lipinski definition) is 4. The number of rotatable bonds is 6. The molecule has 7 nitrogen and oxygen atoms in total. The molecule has 8 heteroatoms. The predicted molar refractivity (Wildman–Crippen MR) is 83.9 cm³/mol. The maximum absolute atomic E-state index is 12.0. The molecule has 1 aromatic carbocycles. The molecule has 0 radical (unpaired) electrons. The van der Waals surface area contributed by atoms with Crippen molar-refractivity contribution in [3.8, 4) is 0 Å². The van der Waals surface area contributed by atoms with E-state index in [1.807, 2.05) is 0 Å². The highest BCUT2D eigenvalue weighted by Gasteiger charge is 2.36. The van der Waals surface area contributed by atoms with Crippen LogP contribution in [0, 0.1) is 0 Å². The lowest BCUT2D eigenvalue weighted by molar-refractivity contribution is -0.116. The minimum atomic E-state index is -3.38. The number of nitrogens with zero attached hydrogens (tertiary/aromatic N) is 1. The van der Waals surface area contributed by atoms with Gasteiger partial charge in [0.15, 0.2) is 0 Å². The van der Waals surface area contributed by atoms with Gasteiger partial charge >= 0.3 is 0 Å². The molecule has 1 aliphatic rings. The van der Waals surface area contributed by atoms with Crippen LogP contribution in [-0.2, 0) is 19.6 Å². The summed E-state index contributed by atoms with van der Waals surface area (Å²) in [6.07, 6.45) is 2.71. The van der Waals surface area contributed by atoms with Crippen molar-refractivity contribution in [3.05, 3.63) is 24.3 Å². The van der Waals surface area contributed by atoms with Crippen molar-refractivity contribution >= 4 is 33.2 Å². The van der Waals surface area contributed by atoms with E-state index >= 15 is 0 Å². The first kappa shape index (κ1) is 16.4. The van der Waals surface area contributed by atoms with E-state index in [1.54, 1.807) is 24.3 Å². The summed E-state index contributed by atoms with van der Waals surface area (Å²) < 4.78 is 24.5. The van der Waals surface area contributed by atoms with Gasteiger partial charge in [0.25, 0.3) is 0 Å². The highest BCUT2D eigenvalue weighted by Crippen LogP contribution is 2.28. The van der Waals surface area contributed by atoms with Gasteiger partial charge in [-0.25, -0.2) is 8.42 Å². The van der Waals surface area contributed by atoms with Crippen LogP contribution in [0.5, 0.6) is 0 Å². The van der Waals surface area contributed by atoms with Crippen molar-refractivity contribution in [1.29, 1.82) is 0 Å². The van der Waals surface area contributed by atoms with Gasteiger partial charge < -0.3 is 10.6 Å². The van der Waals surface area contributed by atoms with Gasteiger partial charge in [0.1, 0.15) is 0 Å². The molecule has 2 N–H and O–H groups in total. The highest BCUT2D eigenvalue weighted by molar-refractivity contribution is 7.88. The summed E-state index contributed by atoms with van der Waals surface area (Å²) in [6, 6.07) is 6.55. The molecule has 1 aliphatic carbocycles. The fraction of sp³-hybridized carbons (Fsp3) is 0.429. The normalized spacial score (nSPS) is 14.7. The Morgan fingerprint density at radius 2 is 1.64 bits per heavy atom. The Bertz CT molecular complexity index is 666. The third-order valence-corrected chi connectivity index (χ3v) is 4.45. The van der Waals surface area contributed by atoms with Gasteiger partial charge in [-0.3, -0.25) is 9.59 Å². The molecule has 2 rings (SSSR count). The average Bonchev–Trinajstić information content (AvgIpc) is 3.20. The smallest absolute Gasteiger partial charge is 0.239 e. The summed E-state index contributed by atoms with van der Waals surface area (Å²) in [5, 5.41) is 5.27. The van der Waals surface area contributed by atoms with Crippen LogP contribution in [-0.4, -0.2) is 43.4 Å². The van der Waals surface area contributed by atoms with Crippen molar-refractivity contribution in [3.63, 3.8) is 0 Å². The molecule has 0 unspecified atom stereocenters. The Balaban J connectivity index is 1.95. The molecule has 0 saturated heterocycles. The van der Waals surface area contributed by atoms with Crippen LogP contribution < -0.4 is 10.6 Å². The first-order valence-corrected chi connectivity index (χ1v) is 8.75. The van der Waals surface area contributed by atoms with E-state index in [0.29, 0.717) is 11.4 Å². The molecule has 0 spiro atoms. The molecular formula is C14H19N3O4S. The maximum atomic E-state index is 12.0. The molecule has 1 fully saturated rings. The van der Waals surface area contributed by atoms with E-state index < -0.39 is 10.0 Å². The van der Waals surface area contributed by atoms with E-state index in [9.17, 15) is 18.0 Å². The molecular weight excluding hydrogens is 306 g/mol. The molecule has 0 heterocycles. The van der Waals surface area contributed by atoms with E-state index in [2.05, 4.69) is 10.6 Å². The average molecular weight is 325 g/mol. The maximum Gasteiger partial charge on any atom is 0.239 e. The lowest BCUT2D eigenvalue weighted by atomic mass is 10.2. The fourth-order valence-electron chi connectivity index (χ4n) is 2.06. The Kier molecular flexibility index (Phi) is 4.82. The molecule has 1 aromatic rings. The molecule has 0 atom stereocenters. The Labute approximate surface area is 129 Å². The molecule has 0 aliphatic heterocycles. The number of nitrogens with one attached hydrogen (secondary N) is 2. The van der Waals surface area contributed by atoms with Crippen molar-refractivity contribution in [2.75, 3.05) is 23.4 Å². The van der Waals surface area contributed by atoms with Crippen LogP contribution in [0.15, 0.2) is 24.3 Å². The summed E-state index contributed by atoms with van der Waals surface area (Å²) in [6.45, 7) is 1.23. The lowest BCUT2D eigenvalue weighted by Crippen LogP contribution is -2.38. The summed E-state index contributed by atoms with van der Waals surface area (Å²) >= 11 is 0. The summed E-state index contributed by atoms with van der Waals surface area (Å²) in [7, 11) is -3.38. The second kappa shape index (κ2) is 6.45. The highest BCUT2D eigenvalue weighted by atomic mass is 32.2. The van der Waals surface area contributed by atoms with E-state index in [-0.39, 0.29) is 24.4 Å². The zero-order valence-corrected chi connectivity index (χ0v) is 13.3. The first-order valence-electron chi connectivity index (χ1n) is 6.90. The quantitative estimate of drug-likeness (QED) is 0.816. The number of carbonyl (C=O) groups excluding carboxylic acids is 2. The van der Waals surface area contributed by atoms with Crippen molar-refractivity contribution in [1.82, 2.24) is 4.31 Å². The van der Waals surface area contributed by atoms with Crippen LogP contribution in [0.3, 0.4) is 0 Å².